The summed E-state index contributed by atoms with van der Waals surface area (Å²) in [5.41, 5.74) is -0.106. The molecule has 0 aliphatic carbocycles. The van der Waals surface area contributed by atoms with Crippen molar-refractivity contribution in [2.24, 2.45) is 7.05 Å². The Morgan fingerprint density at radius 2 is 1.93 bits per heavy atom. The van der Waals surface area contributed by atoms with Crippen molar-refractivity contribution in [1.29, 1.82) is 0 Å². The fourth-order valence-corrected chi connectivity index (χ4v) is 4.01. The van der Waals surface area contributed by atoms with Gasteiger partial charge in [0.05, 0.1) is 4.47 Å². The molecule has 0 spiro atoms. The van der Waals surface area contributed by atoms with E-state index in [0.717, 1.165) is 10.2 Å². The predicted octanol–water partition coefficient (Wildman–Crippen LogP) is 3.81. The molecule has 1 aliphatic heterocycles. The number of aromatic nitrogens is 2. The van der Waals surface area contributed by atoms with Crippen molar-refractivity contribution in [2.45, 2.75) is 12.7 Å². The molecule has 27 heavy (non-hydrogen) atoms. The Morgan fingerprint density at radius 1 is 1.26 bits per heavy atom. The molecule has 1 saturated heterocycles. The number of nitrogens with zero attached hydrogens (tertiary/aromatic N) is 4. The molecule has 1 aromatic heterocycles. The van der Waals surface area contributed by atoms with E-state index in [-0.39, 0.29) is 10.2 Å². The Hall–Kier alpha value is -1.58. The Labute approximate surface area is 167 Å². The van der Waals surface area contributed by atoms with E-state index in [1.165, 1.54) is 7.05 Å². The van der Waals surface area contributed by atoms with Gasteiger partial charge in [0, 0.05) is 44.8 Å². The van der Waals surface area contributed by atoms with Crippen LogP contribution in [0.5, 0.6) is 0 Å². The summed E-state index contributed by atoms with van der Waals surface area (Å²) in [7, 11) is 1.34. The number of carbonyl (C=O) groups excluding carboxylic acids is 1. The number of aryl methyl sites for hydroxylation is 1. The molecule has 1 aromatic carbocycles. The second-order valence-electron chi connectivity index (χ2n) is 6.33. The van der Waals surface area contributed by atoms with E-state index in [1.807, 2.05) is 24.3 Å². The number of amides is 1. The van der Waals surface area contributed by atoms with Crippen LogP contribution in [-0.2, 0) is 19.8 Å². The maximum atomic E-state index is 13.0. The van der Waals surface area contributed by atoms with Crippen molar-refractivity contribution in [3.63, 3.8) is 0 Å². The highest BCUT2D eigenvalue weighted by Crippen LogP contribution is 2.36. The largest absolute Gasteiger partial charge is 0.436 e. The van der Waals surface area contributed by atoms with E-state index in [2.05, 4.69) is 25.9 Å². The molecule has 0 N–H and O–H groups in total. The normalized spacial score (nSPS) is 16.0. The minimum absolute atomic E-state index is 0.0920. The number of piperazine rings is 1. The molecule has 1 fully saturated rings. The Morgan fingerprint density at radius 3 is 2.48 bits per heavy atom. The predicted molar refractivity (Wildman–Crippen MR) is 98.5 cm³/mol. The number of carbonyl (C=O) groups is 1. The van der Waals surface area contributed by atoms with Crippen LogP contribution >= 0.6 is 27.5 Å². The Balaban J connectivity index is 1.66. The van der Waals surface area contributed by atoms with E-state index < -0.39 is 17.8 Å². The van der Waals surface area contributed by atoms with Gasteiger partial charge in [-0.3, -0.25) is 14.4 Å². The zero-order valence-electron chi connectivity index (χ0n) is 14.4. The summed E-state index contributed by atoms with van der Waals surface area (Å²) in [4.78, 5) is 16.5. The number of hydrogen-bond donors (Lipinski definition) is 0. The highest BCUT2D eigenvalue weighted by atomic mass is 79.9. The van der Waals surface area contributed by atoms with Crippen LogP contribution in [0.3, 0.4) is 0 Å². The van der Waals surface area contributed by atoms with Gasteiger partial charge in [-0.15, -0.1) is 0 Å². The molecule has 5 nitrogen and oxygen atoms in total. The fourth-order valence-electron chi connectivity index (χ4n) is 3.06. The van der Waals surface area contributed by atoms with E-state index in [4.69, 9.17) is 11.6 Å². The van der Waals surface area contributed by atoms with Crippen LogP contribution in [0, 0.1) is 0 Å². The minimum Gasteiger partial charge on any atom is -0.335 e. The van der Waals surface area contributed by atoms with Gasteiger partial charge in [0.2, 0.25) is 0 Å². The van der Waals surface area contributed by atoms with Gasteiger partial charge in [0.25, 0.3) is 5.91 Å². The first kappa shape index (κ1) is 20.2. The van der Waals surface area contributed by atoms with Crippen LogP contribution in [0.25, 0.3) is 0 Å². The summed E-state index contributed by atoms with van der Waals surface area (Å²) in [6.07, 6.45) is -4.62. The summed E-state index contributed by atoms with van der Waals surface area (Å²) in [5.74, 6) is -0.463. The van der Waals surface area contributed by atoms with Gasteiger partial charge >= 0.3 is 6.18 Å². The van der Waals surface area contributed by atoms with Crippen molar-refractivity contribution in [2.75, 3.05) is 26.2 Å². The molecular formula is C17H17BrClF3N4O. The summed E-state index contributed by atoms with van der Waals surface area (Å²) < 4.78 is 39.6. The SMILES string of the molecule is Cn1nc(C(F)(F)F)c(Br)c1C(=O)N1CCN(Cc2cccc(Cl)c2)CC1. The number of alkyl halides is 3. The Bertz CT molecular complexity index is 847. The van der Waals surface area contributed by atoms with Crippen molar-refractivity contribution in [1.82, 2.24) is 19.6 Å². The summed E-state index contributed by atoms with van der Waals surface area (Å²) in [6, 6.07) is 7.57. The van der Waals surface area contributed by atoms with Crippen LogP contribution < -0.4 is 0 Å². The first-order valence-electron chi connectivity index (χ1n) is 8.22. The van der Waals surface area contributed by atoms with Crippen molar-refractivity contribution < 1.29 is 18.0 Å². The average molecular weight is 466 g/mol. The second-order valence-corrected chi connectivity index (χ2v) is 7.56. The van der Waals surface area contributed by atoms with Gasteiger partial charge < -0.3 is 4.90 Å². The second kappa shape index (κ2) is 7.81. The van der Waals surface area contributed by atoms with Crippen LogP contribution in [-0.4, -0.2) is 51.7 Å². The highest BCUT2D eigenvalue weighted by molar-refractivity contribution is 9.10. The van der Waals surface area contributed by atoms with Gasteiger partial charge in [0.1, 0.15) is 5.69 Å². The topological polar surface area (TPSA) is 41.4 Å². The first-order chi connectivity index (χ1) is 12.7. The van der Waals surface area contributed by atoms with Crippen LogP contribution in [0.4, 0.5) is 13.2 Å². The molecule has 0 atom stereocenters. The molecule has 0 unspecified atom stereocenters. The molecule has 0 bridgehead atoms. The molecule has 2 aromatic rings. The monoisotopic (exact) mass is 464 g/mol. The smallest absolute Gasteiger partial charge is 0.335 e. The molecule has 0 saturated carbocycles. The maximum absolute atomic E-state index is 13.0. The zero-order chi connectivity index (χ0) is 19.8. The molecule has 1 amide bonds. The molecule has 2 heterocycles. The van der Waals surface area contributed by atoms with Crippen LogP contribution in [0.15, 0.2) is 28.7 Å². The lowest BCUT2D eigenvalue weighted by atomic mass is 10.2. The zero-order valence-corrected chi connectivity index (χ0v) is 16.8. The van der Waals surface area contributed by atoms with E-state index in [9.17, 15) is 18.0 Å². The number of hydrogen-bond acceptors (Lipinski definition) is 3. The lowest BCUT2D eigenvalue weighted by Crippen LogP contribution is -2.48. The van der Waals surface area contributed by atoms with Crippen molar-refractivity contribution >= 4 is 33.4 Å². The summed E-state index contributed by atoms with van der Waals surface area (Å²) in [5, 5.41) is 4.12. The highest BCUT2D eigenvalue weighted by Gasteiger charge is 2.40. The lowest BCUT2D eigenvalue weighted by Gasteiger charge is -2.34. The third-order valence-corrected chi connectivity index (χ3v) is 5.40. The third-order valence-electron chi connectivity index (χ3n) is 4.42. The molecule has 146 valence electrons. The standard InChI is InChI=1S/C17H17BrClF3N4O/c1-24-14(13(18)15(23-24)17(20,21)22)16(27)26-7-5-25(6-8-26)10-11-3-2-4-12(19)9-11/h2-4,9H,5-8,10H2,1H3. The van der Waals surface area contributed by atoms with Gasteiger partial charge in [-0.1, -0.05) is 23.7 Å². The maximum Gasteiger partial charge on any atom is 0.436 e. The van der Waals surface area contributed by atoms with Gasteiger partial charge in [-0.05, 0) is 33.6 Å². The lowest BCUT2D eigenvalue weighted by molar-refractivity contribution is -0.142. The van der Waals surface area contributed by atoms with Gasteiger partial charge in [0.15, 0.2) is 5.69 Å². The number of rotatable bonds is 3. The quantitative estimate of drug-likeness (QED) is 0.692. The van der Waals surface area contributed by atoms with Crippen molar-refractivity contribution in [3.05, 3.63) is 50.7 Å². The molecule has 10 heteroatoms. The minimum atomic E-state index is -4.62. The summed E-state index contributed by atoms with van der Waals surface area (Å²) in [6.45, 7) is 2.81. The van der Waals surface area contributed by atoms with E-state index >= 15 is 0 Å². The Kier molecular flexibility index (Phi) is 5.83. The first-order valence-corrected chi connectivity index (χ1v) is 9.39. The van der Waals surface area contributed by atoms with Gasteiger partial charge in [-0.25, -0.2) is 0 Å². The number of halogens is 5. The van der Waals surface area contributed by atoms with Crippen LogP contribution in [0.2, 0.25) is 5.02 Å². The average Bonchev–Trinajstić information content (AvgIpc) is 2.90. The van der Waals surface area contributed by atoms with E-state index in [1.54, 1.807) is 4.90 Å². The summed E-state index contributed by atoms with van der Waals surface area (Å²) >= 11 is 8.89. The van der Waals surface area contributed by atoms with Crippen LogP contribution in [0.1, 0.15) is 21.7 Å². The molecule has 3 rings (SSSR count). The van der Waals surface area contributed by atoms with Crippen molar-refractivity contribution in [3.8, 4) is 0 Å². The molecule has 1 aliphatic rings. The molecule has 0 radical (unpaired) electrons. The van der Waals surface area contributed by atoms with E-state index in [0.29, 0.717) is 37.7 Å². The van der Waals surface area contributed by atoms with Gasteiger partial charge in [-0.2, -0.15) is 18.3 Å². The molecular weight excluding hydrogens is 449 g/mol. The fraction of sp³-hybridized carbons (Fsp3) is 0.412. The number of benzene rings is 1. The third kappa shape index (κ3) is 4.47.